The lowest BCUT2D eigenvalue weighted by Gasteiger charge is -2.22. The Morgan fingerprint density at radius 1 is 1.26 bits per heavy atom. The van der Waals surface area contributed by atoms with Crippen LogP contribution in [0.1, 0.15) is 38.5 Å². The Morgan fingerprint density at radius 3 is 2.83 bits per heavy atom. The lowest BCUT2D eigenvalue weighted by molar-refractivity contribution is -0.121. The Balaban J connectivity index is 1.55. The van der Waals surface area contributed by atoms with Crippen molar-refractivity contribution in [3.05, 3.63) is 0 Å². The predicted octanol–water partition coefficient (Wildman–Crippen LogP) is -0.0192. The van der Waals surface area contributed by atoms with Crippen LogP contribution in [0.25, 0.3) is 0 Å². The van der Waals surface area contributed by atoms with Gasteiger partial charge in [0.05, 0.1) is 11.9 Å². The Labute approximate surface area is 139 Å². The van der Waals surface area contributed by atoms with Gasteiger partial charge in [-0.2, -0.15) is 0 Å². The van der Waals surface area contributed by atoms with E-state index in [4.69, 9.17) is 4.74 Å². The molecule has 3 N–H and O–H groups in total. The summed E-state index contributed by atoms with van der Waals surface area (Å²) in [5.41, 5.74) is 0. The molecule has 2 fully saturated rings. The molecule has 2 unspecified atom stereocenters. The van der Waals surface area contributed by atoms with Crippen LogP contribution in [0.3, 0.4) is 0 Å². The topological polar surface area (TPSA) is 96.5 Å². The molecule has 8 heteroatoms. The fourth-order valence-electron chi connectivity index (χ4n) is 2.97. The smallest absolute Gasteiger partial charge is 0.220 e. The standard InChI is InChI=1S/C15H29N3O4S/c19-15(5-4-13-6-7-16-11-13)17-8-10-23(20,21)18-12-14-3-1-2-9-22-14/h13-14,16,18H,1-12H2,(H,17,19). The molecule has 23 heavy (non-hydrogen) atoms. The summed E-state index contributed by atoms with van der Waals surface area (Å²) in [6.07, 6.45) is 5.46. The third-order valence-corrected chi connectivity index (χ3v) is 5.79. The highest BCUT2D eigenvalue weighted by atomic mass is 32.2. The molecule has 0 aromatic carbocycles. The van der Waals surface area contributed by atoms with Crippen LogP contribution in [0.4, 0.5) is 0 Å². The van der Waals surface area contributed by atoms with E-state index in [0.717, 1.165) is 45.2 Å². The van der Waals surface area contributed by atoms with Gasteiger partial charge in [-0.1, -0.05) is 0 Å². The molecule has 2 saturated heterocycles. The van der Waals surface area contributed by atoms with Gasteiger partial charge in [-0.25, -0.2) is 13.1 Å². The quantitative estimate of drug-likeness (QED) is 0.545. The van der Waals surface area contributed by atoms with Crippen molar-refractivity contribution in [3.63, 3.8) is 0 Å². The zero-order valence-electron chi connectivity index (χ0n) is 13.7. The van der Waals surface area contributed by atoms with E-state index in [-0.39, 0.29) is 24.3 Å². The zero-order valence-corrected chi connectivity index (χ0v) is 14.5. The Bertz CT molecular complexity index is 457. The average molecular weight is 347 g/mol. The SMILES string of the molecule is O=C(CCC1CCNC1)NCCS(=O)(=O)NCC1CCCCO1. The molecule has 7 nitrogen and oxygen atoms in total. The normalized spacial score (nSPS) is 25.4. The lowest BCUT2D eigenvalue weighted by Crippen LogP contribution is -2.39. The molecule has 0 aromatic rings. The van der Waals surface area contributed by atoms with E-state index in [9.17, 15) is 13.2 Å². The van der Waals surface area contributed by atoms with Crippen molar-refractivity contribution < 1.29 is 17.9 Å². The summed E-state index contributed by atoms with van der Waals surface area (Å²) in [6.45, 7) is 3.20. The minimum atomic E-state index is -3.36. The summed E-state index contributed by atoms with van der Waals surface area (Å²) in [6, 6.07) is 0. The number of nitrogens with one attached hydrogen (secondary N) is 3. The summed E-state index contributed by atoms with van der Waals surface area (Å²) in [5.74, 6) is 0.417. The first-order valence-electron chi connectivity index (χ1n) is 8.61. The minimum Gasteiger partial charge on any atom is -0.377 e. The lowest BCUT2D eigenvalue weighted by atomic mass is 10.0. The molecule has 0 spiro atoms. The van der Waals surface area contributed by atoms with Crippen molar-refractivity contribution in [2.24, 2.45) is 5.92 Å². The van der Waals surface area contributed by atoms with Gasteiger partial charge < -0.3 is 15.4 Å². The van der Waals surface area contributed by atoms with E-state index in [1.807, 2.05) is 0 Å². The van der Waals surface area contributed by atoms with Gasteiger partial charge in [0, 0.05) is 26.1 Å². The van der Waals surface area contributed by atoms with Crippen molar-refractivity contribution >= 4 is 15.9 Å². The van der Waals surface area contributed by atoms with Crippen LogP contribution in [0, 0.1) is 5.92 Å². The number of amides is 1. The third kappa shape index (κ3) is 7.60. The van der Waals surface area contributed by atoms with Crippen LogP contribution < -0.4 is 15.4 Å². The molecular weight excluding hydrogens is 318 g/mol. The number of carbonyl (C=O) groups is 1. The van der Waals surface area contributed by atoms with Crippen molar-refractivity contribution in [2.75, 3.05) is 38.5 Å². The highest BCUT2D eigenvalue weighted by Gasteiger charge is 2.18. The second-order valence-corrected chi connectivity index (χ2v) is 8.33. The molecule has 1 amide bonds. The van der Waals surface area contributed by atoms with E-state index in [2.05, 4.69) is 15.4 Å². The maximum Gasteiger partial charge on any atom is 0.220 e. The number of hydrogen-bond donors (Lipinski definition) is 3. The molecule has 2 aliphatic rings. The maximum absolute atomic E-state index is 11.9. The average Bonchev–Trinajstić information content (AvgIpc) is 3.05. The Hall–Kier alpha value is -0.700. The van der Waals surface area contributed by atoms with E-state index in [1.165, 1.54) is 0 Å². The van der Waals surface area contributed by atoms with Crippen molar-refractivity contribution in [2.45, 2.75) is 44.6 Å². The van der Waals surface area contributed by atoms with Crippen molar-refractivity contribution in [1.82, 2.24) is 15.4 Å². The number of rotatable bonds is 9. The molecule has 0 aliphatic carbocycles. The maximum atomic E-state index is 11.9. The summed E-state index contributed by atoms with van der Waals surface area (Å²) >= 11 is 0. The van der Waals surface area contributed by atoms with Crippen molar-refractivity contribution in [3.8, 4) is 0 Å². The molecular formula is C15H29N3O4S. The van der Waals surface area contributed by atoms with Crippen LogP contribution in [-0.2, 0) is 19.6 Å². The monoisotopic (exact) mass is 347 g/mol. The van der Waals surface area contributed by atoms with E-state index in [0.29, 0.717) is 25.5 Å². The van der Waals surface area contributed by atoms with E-state index < -0.39 is 10.0 Å². The second kappa shape index (κ2) is 9.56. The minimum absolute atomic E-state index is 0.0202. The van der Waals surface area contributed by atoms with Gasteiger partial charge in [-0.05, 0) is 51.1 Å². The number of sulfonamides is 1. The fourth-order valence-corrected chi connectivity index (χ4v) is 3.92. The van der Waals surface area contributed by atoms with Gasteiger partial charge in [-0.3, -0.25) is 4.79 Å². The van der Waals surface area contributed by atoms with Crippen LogP contribution >= 0.6 is 0 Å². The first-order chi connectivity index (χ1) is 11.1. The van der Waals surface area contributed by atoms with Crippen LogP contribution in [0.2, 0.25) is 0 Å². The number of carbonyl (C=O) groups excluding carboxylic acids is 1. The molecule has 2 aliphatic heterocycles. The van der Waals surface area contributed by atoms with Gasteiger partial charge in [0.15, 0.2) is 0 Å². The molecule has 0 bridgehead atoms. The molecule has 0 radical (unpaired) electrons. The largest absolute Gasteiger partial charge is 0.377 e. The summed E-state index contributed by atoms with van der Waals surface area (Å²) in [4.78, 5) is 11.7. The zero-order chi connectivity index (χ0) is 16.5. The Kier molecular flexibility index (Phi) is 7.75. The molecule has 2 atom stereocenters. The summed E-state index contributed by atoms with van der Waals surface area (Å²) in [5, 5.41) is 5.96. The highest BCUT2D eigenvalue weighted by Crippen LogP contribution is 2.14. The van der Waals surface area contributed by atoms with E-state index >= 15 is 0 Å². The third-order valence-electron chi connectivity index (χ3n) is 4.44. The van der Waals surface area contributed by atoms with Crippen molar-refractivity contribution in [1.29, 1.82) is 0 Å². The van der Waals surface area contributed by atoms with E-state index in [1.54, 1.807) is 0 Å². The molecule has 2 rings (SSSR count). The first-order valence-corrected chi connectivity index (χ1v) is 10.3. The highest BCUT2D eigenvalue weighted by molar-refractivity contribution is 7.89. The van der Waals surface area contributed by atoms with Crippen LogP contribution in [0.5, 0.6) is 0 Å². The molecule has 0 saturated carbocycles. The first kappa shape index (κ1) is 18.6. The van der Waals surface area contributed by atoms with Crippen LogP contribution in [0.15, 0.2) is 0 Å². The molecule has 2 heterocycles. The molecule has 0 aromatic heterocycles. The van der Waals surface area contributed by atoms with Crippen LogP contribution in [-0.4, -0.2) is 59.0 Å². The fraction of sp³-hybridized carbons (Fsp3) is 0.933. The van der Waals surface area contributed by atoms with Gasteiger partial charge in [0.25, 0.3) is 0 Å². The number of hydrogen-bond acceptors (Lipinski definition) is 5. The predicted molar refractivity (Wildman–Crippen MR) is 88.6 cm³/mol. The van der Waals surface area contributed by atoms with Gasteiger partial charge in [0.2, 0.25) is 15.9 Å². The number of ether oxygens (including phenoxy) is 1. The Morgan fingerprint density at radius 2 is 2.13 bits per heavy atom. The summed E-state index contributed by atoms with van der Waals surface area (Å²) < 4.78 is 31.9. The van der Waals surface area contributed by atoms with Gasteiger partial charge in [0.1, 0.15) is 0 Å². The summed E-state index contributed by atoms with van der Waals surface area (Å²) in [7, 11) is -3.36. The van der Waals surface area contributed by atoms with Gasteiger partial charge in [-0.15, -0.1) is 0 Å². The second-order valence-electron chi connectivity index (χ2n) is 6.40. The van der Waals surface area contributed by atoms with Gasteiger partial charge >= 0.3 is 0 Å². The molecule has 134 valence electrons.